The number of H-pyrrole nitrogens is 1. The Balaban J connectivity index is 2.34. The lowest BCUT2D eigenvalue weighted by atomic mass is 9.98. The van der Waals surface area contributed by atoms with Crippen LogP contribution in [0.4, 0.5) is 0 Å². The summed E-state index contributed by atoms with van der Waals surface area (Å²) in [6.45, 7) is 3.60. The van der Waals surface area contributed by atoms with Crippen LogP contribution in [-0.2, 0) is 35.2 Å². The summed E-state index contributed by atoms with van der Waals surface area (Å²) in [4.78, 5) is 76.9. The molecule has 0 bridgehead atoms. The largest absolute Gasteiger partial charge is 0.480 e. The van der Waals surface area contributed by atoms with Gasteiger partial charge in [0.1, 0.15) is 18.1 Å². The van der Waals surface area contributed by atoms with E-state index in [1.54, 1.807) is 25.3 Å². The first-order valence-corrected chi connectivity index (χ1v) is 12.8. The number of primary amides is 2. The molecule has 11 N–H and O–H groups in total. The van der Waals surface area contributed by atoms with Crippen LogP contribution < -0.4 is 33.2 Å². The normalized spacial score (nSPS) is 14.8. The highest BCUT2D eigenvalue weighted by atomic mass is 16.4. The molecule has 0 fully saturated rings. The van der Waals surface area contributed by atoms with Crippen LogP contribution in [0, 0.1) is 5.92 Å². The Morgan fingerprint density at radius 3 is 2.10 bits per heavy atom. The third-order valence-electron chi connectivity index (χ3n) is 6.62. The lowest BCUT2D eigenvalue weighted by Crippen LogP contribution is -2.58. The molecule has 2 aromatic rings. The van der Waals surface area contributed by atoms with Gasteiger partial charge in [-0.1, -0.05) is 38.5 Å². The minimum absolute atomic E-state index is 0.0760. The molecule has 0 saturated heterocycles. The molecule has 218 valence electrons. The summed E-state index contributed by atoms with van der Waals surface area (Å²) in [5.74, 6) is -5.68. The van der Waals surface area contributed by atoms with Gasteiger partial charge in [0, 0.05) is 29.9 Å². The van der Waals surface area contributed by atoms with Gasteiger partial charge in [-0.05, 0) is 24.0 Å². The molecule has 0 spiro atoms. The molecule has 40 heavy (non-hydrogen) atoms. The number of carboxylic acid groups (broad SMARTS) is 1. The number of rotatable bonds is 16. The number of hydrogen-bond donors (Lipinski definition) is 8. The number of nitrogens with two attached hydrogens (primary N) is 3. The van der Waals surface area contributed by atoms with Gasteiger partial charge < -0.3 is 43.2 Å². The molecule has 1 heterocycles. The second kappa shape index (κ2) is 14.6. The van der Waals surface area contributed by atoms with Gasteiger partial charge in [0.25, 0.3) is 0 Å². The maximum Gasteiger partial charge on any atom is 0.326 e. The van der Waals surface area contributed by atoms with E-state index < -0.39 is 66.1 Å². The fraction of sp³-hybridized carbons (Fsp3) is 0.462. The SMILES string of the molecule is CCC(C)C(N)C(=O)NC(CC(N)=O)C(=O)NC(Cc1c[nH]c2ccccc12)C(=O)NC(CCC(N)=O)C(=O)O. The quantitative estimate of drug-likeness (QED) is 0.123. The second-order valence-corrected chi connectivity index (χ2v) is 9.67. The van der Waals surface area contributed by atoms with E-state index in [2.05, 4.69) is 20.9 Å². The van der Waals surface area contributed by atoms with Crippen molar-refractivity contribution >= 4 is 46.4 Å². The number of benzene rings is 1. The average molecular weight is 560 g/mol. The highest BCUT2D eigenvalue weighted by molar-refractivity contribution is 5.96. The van der Waals surface area contributed by atoms with E-state index in [1.807, 2.05) is 19.1 Å². The standard InChI is InChI=1S/C26H37N7O7/c1-3-13(2)22(29)25(38)33-19(11-21(28)35)24(37)32-18(10-14-12-30-16-7-5-4-6-15(14)16)23(36)31-17(26(39)40)8-9-20(27)34/h4-7,12-13,17-19,22,30H,3,8-11,29H2,1-2H3,(H2,27,34)(H2,28,35)(H,31,36)(H,32,37)(H,33,38)(H,39,40). The number of para-hydroxylation sites is 1. The molecule has 0 aliphatic heterocycles. The number of amides is 5. The van der Waals surface area contributed by atoms with E-state index >= 15 is 0 Å². The zero-order valence-electron chi connectivity index (χ0n) is 22.4. The zero-order chi connectivity index (χ0) is 30.0. The molecular weight excluding hydrogens is 522 g/mol. The van der Waals surface area contributed by atoms with Crippen molar-refractivity contribution in [1.82, 2.24) is 20.9 Å². The van der Waals surface area contributed by atoms with Crippen LogP contribution in [0.15, 0.2) is 30.5 Å². The number of aromatic amines is 1. The Bertz CT molecular complexity index is 1240. The zero-order valence-corrected chi connectivity index (χ0v) is 22.4. The molecule has 5 unspecified atom stereocenters. The Morgan fingerprint density at radius 1 is 0.900 bits per heavy atom. The molecule has 0 saturated carbocycles. The lowest BCUT2D eigenvalue weighted by Gasteiger charge is -2.25. The number of carbonyl (C=O) groups excluding carboxylic acids is 5. The predicted molar refractivity (Wildman–Crippen MR) is 145 cm³/mol. The summed E-state index contributed by atoms with van der Waals surface area (Å²) in [6.07, 6.45) is 1.04. The van der Waals surface area contributed by atoms with Crippen molar-refractivity contribution in [2.75, 3.05) is 0 Å². The number of carboxylic acids is 1. The van der Waals surface area contributed by atoms with Gasteiger partial charge in [0.2, 0.25) is 29.5 Å². The van der Waals surface area contributed by atoms with E-state index in [0.29, 0.717) is 12.0 Å². The fourth-order valence-electron chi connectivity index (χ4n) is 4.01. The van der Waals surface area contributed by atoms with E-state index in [-0.39, 0.29) is 25.2 Å². The Labute approximate surface area is 230 Å². The van der Waals surface area contributed by atoms with Crippen LogP contribution in [0.25, 0.3) is 10.9 Å². The van der Waals surface area contributed by atoms with Gasteiger partial charge in [0.05, 0.1) is 12.5 Å². The molecule has 14 nitrogen and oxygen atoms in total. The van der Waals surface area contributed by atoms with E-state index in [1.165, 1.54) is 0 Å². The molecule has 1 aromatic carbocycles. The van der Waals surface area contributed by atoms with E-state index in [0.717, 1.165) is 10.9 Å². The number of aromatic nitrogens is 1. The van der Waals surface area contributed by atoms with Crippen molar-refractivity contribution in [3.63, 3.8) is 0 Å². The summed E-state index contributed by atoms with van der Waals surface area (Å²) in [7, 11) is 0. The molecule has 5 atom stereocenters. The fourth-order valence-corrected chi connectivity index (χ4v) is 4.01. The van der Waals surface area contributed by atoms with Gasteiger partial charge in [0.15, 0.2) is 0 Å². The summed E-state index contributed by atoms with van der Waals surface area (Å²) in [5, 5.41) is 17.6. The van der Waals surface area contributed by atoms with Gasteiger partial charge in [-0.15, -0.1) is 0 Å². The first-order chi connectivity index (χ1) is 18.8. The smallest absolute Gasteiger partial charge is 0.326 e. The number of nitrogens with one attached hydrogen (secondary N) is 4. The highest BCUT2D eigenvalue weighted by Gasteiger charge is 2.32. The lowest BCUT2D eigenvalue weighted by molar-refractivity contribution is -0.142. The summed E-state index contributed by atoms with van der Waals surface area (Å²) >= 11 is 0. The molecule has 2 rings (SSSR count). The number of hydrogen-bond acceptors (Lipinski definition) is 7. The van der Waals surface area contributed by atoms with Crippen molar-refractivity contribution < 1.29 is 33.9 Å². The van der Waals surface area contributed by atoms with Gasteiger partial charge in [-0.25, -0.2) is 4.79 Å². The molecule has 0 aliphatic carbocycles. The topological polar surface area (TPSA) is 253 Å². The molecular formula is C26H37N7O7. The highest BCUT2D eigenvalue weighted by Crippen LogP contribution is 2.19. The van der Waals surface area contributed by atoms with E-state index in [4.69, 9.17) is 17.2 Å². The molecule has 5 amide bonds. The first kappa shape index (κ1) is 31.8. The van der Waals surface area contributed by atoms with Crippen LogP contribution in [-0.4, -0.2) is 69.8 Å². The summed E-state index contributed by atoms with van der Waals surface area (Å²) in [6, 6.07) is 2.02. The second-order valence-electron chi connectivity index (χ2n) is 9.67. The third kappa shape index (κ3) is 9.08. The Hall–Kier alpha value is -4.46. The van der Waals surface area contributed by atoms with Crippen LogP contribution in [0.3, 0.4) is 0 Å². The molecule has 0 radical (unpaired) electrons. The van der Waals surface area contributed by atoms with Crippen molar-refractivity contribution in [2.45, 2.75) is 70.1 Å². The third-order valence-corrected chi connectivity index (χ3v) is 6.62. The molecule has 0 aliphatic rings. The van der Waals surface area contributed by atoms with Crippen LogP contribution in [0.1, 0.15) is 45.1 Å². The molecule has 14 heteroatoms. The van der Waals surface area contributed by atoms with Crippen molar-refractivity contribution in [3.05, 3.63) is 36.0 Å². The van der Waals surface area contributed by atoms with E-state index in [9.17, 15) is 33.9 Å². The van der Waals surface area contributed by atoms with Gasteiger partial charge in [-0.3, -0.25) is 24.0 Å². The van der Waals surface area contributed by atoms with Gasteiger partial charge in [-0.2, -0.15) is 0 Å². The van der Waals surface area contributed by atoms with Crippen LogP contribution >= 0.6 is 0 Å². The molecule has 1 aromatic heterocycles. The van der Waals surface area contributed by atoms with Crippen LogP contribution in [0.2, 0.25) is 0 Å². The number of fused-ring (bicyclic) bond motifs is 1. The monoisotopic (exact) mass is 559 g/mol. The minimum atomic E-state index is -1.46. The Morgan fingerprint density at radius 2 is 1.50 bits per heavy atom. The maximum absolute atomic E-state index is 13.3. The average Bonchev–Trinajstić information content (AvgIpc) is 3.31. The summed E-state index contributed by atoms with van der Waals surface area (Å²) in [5.41, 5.74) is 17.8. The Kier molecular flexibility index (Phi) is 11.6. The van der Waals surface area contributed by atoms with Crippen LogP contribution in [0.5, 0.6) is 0 Å². The summed E-state index contributed by atoms with van der Waals surface area (Å²) < 4.78 is 0. The minimum Gasteiger partial charge on any atom is -0.480 e. The van der Waals surface area contributed by atoms with Crippen molar-refractivity contribution in [3.8, 4) is 0 Å². The van der Waals surface area contributed by atoms with Crippen molar-refractivity contribution in [2.24, 2.45) is 23.1 Å². The number of aliphatic carboxylic acids is 1. The van der Waals surface area contributed by atoms with Crippen molar-refractivity contribution in [1.29, 1.82) is 0 Å². The predicted octanol–water partition coefficient (Wildman–Crippen LogP) is -1.24. The first-order valence-electron chi connectivity index (χ1n) is 12.8. The number of carbonyl (C=O) groups is 6. The maximum atomic E-state index is 13.3. The van der Waals surface area contributed by atoms with Gasteiger partial charge >= 0.3 is 5.97 Å².